The molecular weight excluding hydrogens is 262 g/mol. The first kappa shape index (κ1) is 14.1. The predicted octanol–water partition coefficient (Wildman–Crippen LogP) is 0.907. The summed E-state index contributed by atoms with van der Waals surface area (Å²) in [7, 11) is 1.48. The van der Waals surface area contributed by atoms with Crippen LogP contribution in [-0.2, 0) is 9.53 Å². The van der Waals surface area contributed by atoms with Gasteiger partial charge in [0.2, 0.25) is 0 Å². The van der Waals surface area contributed by atoms with Gasteiger partial charge in [0.1, 0.15) is 11.9 Å². The molecule has 1 aromatic carbocycles. The Morgan fingerprint density at radius 1 is 1.60 bits per heavy atom. The van der Waals surface area contributed by atoms with Gasteiger partial charge in [-0.1, -0.05) is 5.16 Å². The van der Waals surface area contributed by atoms with Crippen LogP contribution in [0.1, 0.15) is 18.4 Å². The number of carbonyl (C=O) groups is 1. The third-order valence-electron chi connectivity index (χ3n) is 3.09. The minimum Gasteiger partial charge on any atom is -0.495 e. The average molecular weight is 279 g/mol. The number of hydrogen-bond donors (Lipinski definition) is 3. The fourth-order valence-electron chi connectivity index (χ4n) is 2.01. The molecule has 7 heteroatoms. The molecule has 0 spiro atoms. The fourth-order valence-corrected chi connectivity index (χ4v) is 2.01. The summed E-state index contributed by atoms with van der Waals surface area (Å²) in [5.74, 6) is 0.207. The monoisotopic (exact) mass is 279 g/mol. The highest BCUT2D eigenvalue weighted by atomic mass is 16.5. The largest absolute Gasteiger partial charge is 0.495 e. The number of nitrogens with zero attached hydrogens (tertiary/aromatic N) is 1. The lowest BCUT2D eigenvalue weighted by atomic mass is 10.1. The molecule has 0 bridgehead atoms. The van der Waals surface area contributed by atoms with E-state index in [1.54, 1.807) is 18.2 Å². The van der Waals surface area contributed by atoms with E-state index in [4.69, 9.17) is 20.4 Å². The maximum absolute atomic E-state index is 12.0. The number of hydrogen-bond acceptors (Lipinski definition) is 5. The summed E-state index contributed by atoms with van der Waals surface area (Å²) in [6.45, 7) is 0.609. The van der Waals surface area contributed by atoms with Crippen molar-refractivity contribution in [2.24, 2.45) is 10.9 Å². The highest BCUT2D eigenvalue weighted by Crippen LogP contribution is 2.26. The van der Waals surface area contributed by atoms with Crippen LogP contribution in [0.3, 0.4) is 0 Å². The number of anilines is 1. The second-order valence-corrected chi connectivity index (χ2v) is 4.39. The normalized spacial score (nSPS) is 18.9. The van der Waals surface area contributed by atoms with E-state index in [0.717, 1.165) is 12.8 Å². The van der Waals surface area contributed by atoms with E-state index < -0.39 is 6.10 Å². The van der Waals surface area contributed by atoms with Gasteiger partial charge in [-0.2, -0.15) is 0 Å². The highest BCUT2D eigenvalue weighted by Gasteiger charge is 2.24. The lowest BCUT2D eigenvalue weighted by Gasteiger charge is -2.14. The lowest BCUT2D eigenvalue weighted by molar-refractivity contribution is -0.124. The van der Waals surface area contributed by atoms with Gasteiger partial charge in [0.05, 0.1) is 12.8 Å². The first-order valence-electron chi connectivity index (χ1n) is 6.24. The maximum Gasteiger partial charge on any atom is 0.253 e. The molecule has 7 nitrogen and oxygen atoms in total. The molecule has 0 aromatic heterocycles. The van der Waals surface area contributed by atoms with Crippen molar-refractivity contribution in [1.29, 1.82) is 0 Å². The molecule has 0 aliphatic carbocycles. The van der Waals surface area contributed by atoms with Gasteiger partial charge < -0.3 is 25.7 Å². The van der Waals surface area contributed by atoms with Crippen molar-refractivity contribution < 1.29 is 19.5 Å². The SMILES string of the molecule is COc1cc(/C(N)=N/O)ccc1NC(=O)C1CCCO1. The molecular formula is C13H17N3O4. The topological polar surface area (TPSA) is 106 Å². The van der Waals surface area contributed by atoms with Crippen LogP contribution in [0.5, 0.6) is 5.75 Å². The van der Waals surface area contributed by atoms with Crippen LogP contribution >= 0.6 is 0 Å². The number of ether oxygens (including phenoxy) is 2. The molecule has 0 saturated carbocycles. The number of amidine groups is 1. The molecule has 1 unspecified atom stereocenters. The van der Waals surface area contributed by atoms with Crippen LogP contribution in [-0.4, -0.2) is 36.8 Å². The number of nitrogens with one attached hydrogen (secondary N) is 1. The molecule has 2 rings (SSSR count). The maximum atomic E-state index is 12.0. The number of nitrogens with two attached hydrogens (primary N) is 1. The van der Waals surface area contributed by atoms with Crippen LogP contribution in [0.25, 0.3) is 0 Å². The minimum atomic E-state index is -0.413. The molecule has 4 N–H and O–H groups in total. The van der Waals surface area contributed by atoms with Crippen LogP contribution in [0.4, 0.5) is 5.69 Å². The number of carbonyl (C=O) groups excluding carboxylic acids is 1. The van der Waals surface area contributed by atoms with E-state index in [1.165, 1.54) is 7.11 Å². The highest BCUT2D eigenvalue weighted by molar-refractivity contribution is 6.00. The predicted molar refractivity (Wildman–Crippen MR) is 73.1 cm³/mol. The quantitative estimate of drug-likeness (QED) is 0.329. The first-order chi connectivity index (χ1) is 9.65. The number of methoxy groups -OCH3 is 1. The molecule has 0 radical (unpaired) electrons. The molecule has 1 fully saturated rings. The fraction of sp³-hybridized carbons (Fsp3) is 0.385. The van der Waals surface area contributed by atoms with Gasteiger partial charge in [-0.15, -0.1) is 0 Å². The summed E-state index contributed by atoms with van der Waals surface area (Å²) >= 11 is 0. The Bertz CT molecular complexity index is 524. The third kappa shape index (κ3) is 3.00. The van der Waals surface area contributed by atoms with Crippen LogP contribution in [0.2, 0.25) is 0 Å². The lowest BCUT2D eigenvalue weighted by Crippen LogP contribution is -2.27. The molecule has 1 aliphatic heterocycles. The zero-order valence-corrected chi connectivity index (χ0v) is 11.1. The van der Waals surface area contributed by atoms with Crippen molar-refractivity contribution in [3.05, 3.63) is 23.8 Å². The summed E-state index contributed by atoms with van der Waals surface area (Å²) < 4.78 is 10.5. The van der Waals surface area contributed by atoms with Crippen LogP contribution in [0, 0.1) is 0 Å². The van der Waals surface area contributed by atoms with Gasteiger partial charge in [0.25, 0.3) is 5.91 Å². The van der Waals surface area contributed by atoms with Crippen molar-refractivity contribution in [1.82, 2.24) is 0 Å². The molecule has 1 saturated heterocycles. The average Bonchev–Trinajstić information content (AvgIpc) is 3.01. The summed E-state index contributed by atoms with van der Waals surface area (Å²) in [6, 6.07) is 4.85. The van der Waals surface area contributed by atoms with Gasteiger partial charge in [-0.3, -0.25) is 4.79 Å². The van der Waals surface area contributed by atoms with Crippen molar-refractivity contribution in [3.63, 3.8) is 0 Å². The number of amides is 1. The van der Waals surface area contributed by atoms with Crippen LogP contribution < -0.4 is 15.8 Å². The minimum absolute atomic E-state index is 0.0275. The van der Waals surface area contributed by atoms with E-state index in [0.29, 0.717) is 23.6 Å². The summed E-state index contributed by atoms with van der Waals surface area (Å²) in [6.07, 6.45) is 1.19. The van der Waals surface area contributed by atoms with Gasteiger partial charge in [0.15, 0.2) is 5.84 Å². The Labute approximate surface area is 116 Å². The van der Waals surface area contributed by atoms with E-state index in [9.17, 15) is 4.79 Å². The molecule has 1 aromatic rings. The Morgan fingerprint density at radius 2 is 2.40 bits per heavy atom. The molecule has 1 amide bonds. The Balaban J connectivity index is 2.17. The van der Waals surface area contributed by atoms with Crippen molar-refractivity contribution in [2.45, 2.75) is 18.9 Å². The molecule has 1 heterocycles. The molecule has 20 heavy (non-hydrogen) atoms. The van der Waals surface area contributed by atoms with Gasteiger partial charge >= 0.3 is 0 Å². The molecule has 108 valence electrons. The van der Waals surface area contributed by atoms with E-state index in [2.05, 4.69) is 10.5 Å². The zero-order valence-electron chi connectivity index (χ0n) is 11.1. The summed E-state index contributed by atoms with van der Waals surface area (Å²) in [5.41, 5.74) is 6.52. The van der Waals surface area contributed by atoms with Gasteiger partial charge in [-0.05, 0) is 31.0 Å². The Morgan fingerprint density at radius 3 is 3.00 bits per heavy atom. The smallest absolute Gasteiger partial charge is 0.253 e. The Hall–Kier alpha value is -2.28. The van der Waals surface area contributed by atoms with E-state index >= 15 is 0 Å². The molecule has 1 aliphatic rings. The van der Waals surface area contributed by atoms with Crippen molar-refractivity contribution in [2.75, 3.05) is 19.0 Å². The van der Waals surface area contributed by atoms with E-state index in [-0.39, 0.29) is 11.7 Å². The summed E-state index contributed by atoms with van der Waals surface area (Å²) in [5, 5.41) is 14.3. The zero-order chi connectivity index (χ0) is 14.5. The summed E-state index contributed by atoms with van der Waals surface area (Å²) in [4.78, 5) is 12.0. The van der Waals surface area contributed by atoms with Crippen molar-refractivity contribution >= 4 is 17.4 Å². The first-order valence-corrected chi connectivity index (χ1v) is 6.24. The van der Waals surface area contributed by atoms with Gasteiger partial charge in [0, 0.05) is 12.2 Å². The van der Waals surface area contributed by atoms with Crippen LogP contribution in [0.15, 0.2) is 23.4 Å². The molecule has 1 atom stereocenters. The van der Waals surface area contributed by atoms with E-state index in [1.807, 2.05) is 0 Å². The Kier molecular flexibility index (Phi) is 4.41. The number of rotatable bonds is 4. The number of oxime groups is 1. The second-order valence-electron chi connectivity index (χ2n) is 4.39. The number of benzene rings is 1. The van der Waals surface area contributed by atoms with Crippen molar-refractivity contribution in [3.8, 4) is 5.75 Å². The second kappa shape index (κ2) is 6.25. The standard InChI is InChI=1S/C13H17N3O4/c1-19-11-7-8(12(14)16-18)4-5-9(11)15-13(17)10-3-2-6-20-10/h4-5,7,10,18H,2-3,6H2,1H3,(H2,14,16)(H,15,17). The third-order valence-corrected chi connectivity index (χ3v) is 3.09. The van der Waals surface area contributed by atoms with Gasteiger partial charge in [-0.25, -0.2) is 0 Å².